The van der Waals surface area contributed by atoms with Gasteiger partial charge in [-0.2, -0.15) is 4.68 Å². The second-order valence-corrected chi connectivity index (χ2v) is 5.41. The van der Waals surface area contributed by atoms with Gasteiger partial charge in [-0.15, -0.1) is 0 Å². The Kier molecular flexibility index (Phi) is 4.18. The highest BCUT2D eigenvalue weighted by atomic mass is 16.3. The van der Waals surface area contributed by atoms with Gasteiger partial charge >= 0.3 is 0 Å². The van der Waals surface area contributed by atoms with E-state index in [0.29, 0.717) is 5.95 Å². The van der Waals surface area contributed by atoms with Crippen molar-refractivity contribution in [1.82, 2.24) is 20.2 Å². The summed E-state index contributed by atoms with van der Waals surface area (Å²) in [6.07, 6.45) is 3.52. The number of tetrazole rings is 1. The van der Waals surface area contributed by atoms with Crippen molar-refractivity contribution in [3.05, 3.63) is 54.0 Å². The van der Waals surface area contributed by atoms with Gasteiger partial charge in [-0.3, -0.25) is 0 Å². The second kappa shape index (κ2) is 6.43. The molecule has 6 heteroatoms. The van der Waals surface area contributed by atoms with Crippen molar-refractivity contribution < 1.29 is 4.42 Å². The first-order valence-corrected chi connectivity index (χ1v) is 7.37. The van der Waals surface area contributed by atoms with Gasteiger partial charge in [-0.25, -0.2) is 0 Å². The summed E-state index contributed by atoms with van der Waals surface area (Å²) in [7, 11) is 0. The minimum Gasteiger partial charge on any atom is -0.469 e. The SMILES string of the molecule is Cc1ccc(-n2nnnc2N[C@H](C)CCc2ccco2)cc1. The first kappa shape index (κ1) is 14.3. The monoisotopic (exact) mass is 297 g/mol. The maximum atomic E-state index is 5.35. The molecule has 0 bridgehead atoms. The van der Waals surface area contributed by atoms with Crippen LogP contribution in [0.25, 0.3) is 5.69 Å². The molecule has 2 aromatic heterocycles. The zero-order valence-electron chi connectivity index (χ0n) is 12.7. The Morgan fingerprint density at radius 1 is 1.23 bits per heavy atom. The van der Waals surface area contributed by atoms with Gasteiger partial charge < -0.3 is 9.73 Å². The highest BCUT2D eigenvalue weighted by Gasteiger charge is 2.11. The summed E-state index contributed by atoms with van der Waals surface area (Å²) in [5.41, 5.74) is 2.15. The molecule has 0 unspecified atom stereocenters. The fourth-order valence-corrected chi connectivity index (χ4v) is 2.24. The predicted octanol–water partition coefficient (Wildman–Crippen LogP) is 3.00. The van der Waals surface area contributed by atoms with Gasteiger partial charge in [0.15, 0.2) is 0 Å². The summed E-state index contributed by atoms with van der Waals surface area (Å²) in [6.45, 7) is 4.16. The number of furan rings is 1. The molecule has 0 fully saturated rings. The molecule has 0 spiro atoms. The molecule has 0 amide bonds. The van der Waals surface area contributed by atoms with Gasteiger partial charge in [0.25, 0.3) is 0 Å². The van der Waals surface area contributed by atoms with Gasteiger partial charge in [0.1, 0.15) is 5.76 Å². The molecule has 2 heterocycles. The molecule has 0 aliphatic rings. The zero-order chi connectivity index (χ0) is 15.4. The summed E-state index contributed by atoms with van der Waals surface area (Å²) >= 11 is 0. The number of hydrogen-bond donors (Lipinski definition) is 1. The molecule has 0 aliphatic carbocycles. The van der Waals surface area contributed by atoms with E-state index < -0.39 is 0 Å². The van der Waals surface area contributed by atoms with Gasteiger partial charge in [0.2, 0.25) is 5.95 Å². The van der Waals surface area contributed by atoms with E-state index in [-0.39, 0.29) is 6.04 Å². The molecule has 3 rings (SSSR count). The molecule has 0 saturated carbocycles. The molecule has 114 valence electrons. The average Bonchev–Trinajstić information content (AvgIpc) is 3.17. The van der Waals surface area contributed by atoms with E-state index in [4.69, 9.17) is 4.42 Å². The summed E-state index contributed by atoms with van der Waals surface area (Å²) < 4.78 is 7.06. The van der Waals surface area contributed by atoms with Crippen LogP contribution in [-0.4, -0.2) is 26.2 Å². The van der Waals surface area contributed by atoms with E-state index in [1.807, 2.05) is 36.4 Å². The van der Waals surface area contributed by atoms with Crippen LogP contribution in [0, 0.1) is 6.92 Å². The molecule has 1 aromatic carbocycles. The number of nitrogens with zero attached hydrogens (tertiary/aromatic N) is 4. The first-order valence-electron chi connectivity index (χ1n) is 7.37. The van der Waals surface area contributed by atoms with Crippen LogP contribution in [-0.2, 0) is 6.42 Å². The van der Waals surface area contributed by atoms with Crippen LogP contribution >= 0.6 is 0 Å². The molecule has 3 aromatic rings. The molecular weight excluding hydrogens is 278 g/mol. The number of nitrogens with one attached hydrogen (secondary N) is 1. The Labute approximate surface area is 129 Å². The van der Waals surface area contributed by atoms with Gasteiger partial charge in [0.05, 0.1) is 12.0 Å². The highest BCUT2D eigenvalue weighted by molar-refractivity contribution is 5.40. The number of benzene rings is 1. The second-order valence-electron chi connectivity index (χ2n) is 5.41. The quantitative estimate of drug-likeness (QED) is 0.757. The average molecular weight is 297 g/mol. The lowest BCUT2D eigenvalue weighted by molar-refractivity contribution is 0.494. The molecule has 0 saturated heterocycles. The van der Waals surface area contributed by atoms with Gasteiger partial charge in [-0.1, -0.05) is 22.8 Å². The van der Waals surface area contributed by atoms with Gasteiger partial charge in [-0.05, 0) is 55.0 Å². The molecule has 1 N–H and O–H groups in total. The third-order valence-electron chi connectivity index (χ3n) is 3.53. The van der Waals surface area contributed by atoms with E-state index in [0.717, 1.165) is 24.3 Å². The normalized spacial score (nSPS) is 12.3. The van der Waals surface area contributed by atoms with Crippen molar-refractivity contribution in [2.45, 2.75) is 32.7 Å². The van der Waals surface area contributed by atoms with Crippen molar-refractivity contribution in [2.75, 3.05) is 5.32 Å². The lowest BCUT2D eigenvalue weighted by atomic mass is 10.1. The summed E-state index contributed by atoms with van der Waals surface area (Å²) in [5, 5.41) is 15.2. The number of aryl methyl sites for hydroxylation is 2. The third-order valence-corrected chi connectivity index (χ3v) is 3.53. The first-order chi connectivity index (χ1) is 10.7. The van der Waals surface area contributed by atoms with Crippen molar-refractivity contribution in [1.29, 1.82) is 0 Å². The van der Waals surface area contributed by atoms with E-state index in [1.54, 1.807) is 10.9 Å². The van der Waals surface area contributed by atoms with Crippen LogP contribution in [0.5, 0.6) is 0 Å². The van der Waals surface area contributed by atoms with E-state index in [9.17, 15) is 0 Å². The van der Waals surface area contributed by atoms with Crippen LogP contribution in [0.4, 0.5) is 5.95 Å². The lowest BCUT2D eigenvalue weighted by Gasteiger charge is -2.13. The number of anilines is 1. The molecular formula is C16H19N5O. The minimum absolute atomic E-state index is 0.236. The number of rotatable bonds is 6. The highest BCUT2D eigenvalue weighted by Crippen LogP contribution is 2.14. The smallest absolute Gasteiger partial charge is 0.247 e. The van der Waals surface area contributed by atoms with E-state index in [1.165, 1.54) is 5.56 Å². The fourth-order valence-electron chi connectivity index (χ4n) is 2.24. The maximum absolute atomic E-state index is 5.35. The molecule has 0 aliphatic heterocycles. The van der Waals surface area contributed by atoms with Crippen LogP contribution in [0.3, 0.4) is 0 Å². The zero-order valence-corrected chi connectivity index (χ0v) is 12.7. The maximum Gasteiger partial charge on any atom is 0.247 e. The minimum atomic E-state index is 0.236. The largest absolute Gasteiger partial charge is 0.469 e. The predicted molar refractivity (Wildman–Crippen MR) is 84.0 cm³/mol. The van der Waals surface area contributed by atoms with E-state index in [2.05, 4.69) is 34.7 Å². The Morgan fingerprint density at radius 2 is 2.05 bits per heavy atom. The Hall–Kier alpha value is -2.63. The summed E-state index contributed by atoms with van der Waals surface area (Å²) in [5.74, 6) is 1.64. The molecule has 0 radical (unpaired) electrons. The van der Waals surface area contributed by atoms with Crippen LogP contribution in [0.2, 0.25) is 0 Å². The topological polar surface area (TPSA) is 68.8 Å². The Balaban J connectivity index is 1.65. The Morgan fingerprint density at radius 3 is 2.77 bits per heavy atom. The van der Waals surface area contributed by atoms with Gasteiger partial charge in [0, 0.05) is 12.5 Å². The fraction of sp³-hybridized carbons (Fsp3) is 0.312. The molecule has 6 nitrogen and oxygen atoms in total. The third kappa shape index (κ3) is 3.33. The lowest BCUT2D eigenvalue weighted by Crippen LogP contribution is -2.19. The molecule has 22 heavy (non-hydrogen) atoms. The standard InChI is InChI=1S/C16H19N5O/c1-12-5-8-14(9-6-12)21-16(18-19-20-21)17-13(2)7-10-15-4-3-11-22-15/h3-6,8-9,11,13H,7,10H2,1-2H3,(H,17,18,20)/t13-/m1/s1. The number of aromatic nitrogens is 4. The van der Waals surface area contributed by atoms with Crippen LogP contribution in [0.1, 0.15) is 24.7 Å². The molecule has 1 atom stereocenters. The summed E-state index contributed by atoms with van der Waals surface area (Å²) in [4.78, 5) is 0. The Bertz CT molecular complexity index is 702. The van der Waals surface area contributed by atoms with Crippen molar-refractivity contribution >= 4 is 5.95 Å². The van der Waals surface area contributed by atoms with Crippen molar-refractivity contribution in [3.8, 4) is 5.69 Å². The summed E-state index contributed by atoms with van der Waals surface area (Å²) in [6, 6.07) is 12.2. The van der Waals surface area contributed by atoms with Crippen molar-refractivity contribution in [3.63, 3.8) is 0 Å². The number of hydrogen-bond acceptors (Lipinski definition) is 5. The van der Waals surface area contributed by atoms with E-state index >= 15 is 0 Å². The van der Waals surface area contributed by atoms with Crippen molar-refractivity contribution in [2.24, 2.45) is 0 Å². The van der Waals surface area contributed by atoms with Crippen LogP contribution in [0.15, 0.2) is 47.1 Å². The van der Waals surface area contributed by atoms with Crippen LogP contribution < -0.4 is 5.32 Å².